The third-order valence-electron chi connectivity index (χ3n) is 2.99. The Balaban J connectivity index is 2.42. The van der Waals surface area contributed by atoms with Crippen LogP contribution in [-0.2, 0) is 4.74 Å². The number of nitrogens with one attached hydrogen (secondary N) is 1. The molecule has 0 spiro atoms. The predicted octanol–water partition coefficient (Wildman–Crippen LogP) is 2.43. The Labute approximate surface area is 104 Å². The smallest absolute Gasteiger partial charge is 0.130 e. The summed E-state index contributed by atoms with van der Waals surface area (Å²) in [6, 6.07) is 1.78. The standard InChI is InChI=1S/C12H16BrNO2/c1-7-5-9(15)12(13)8(2)11(7)10-6-14-3-4-16-10/h5,10,14-15H,3-4,6H2,1-2H3. The Bertz CT molecular complexity index is 400. The van der Waals surface area contributed by atoms with Crippen LogP contribution < -0.4 is 5.32 Å². The molecule has 1 aromatic rings. The average molecular weight is 286 g/mol. The zero-order valence-electron chi connectivity index (χ0n) is 9.51. The van der Waals surface area contributed by atoms with Crippen LogP contribution in [0.25, 0.3) is 0 Å². The molecule has 0 bridgehead atoms. The number of rotatable bonds is 1. The molecule has 2 rings (SSSR count). The van der Waals surface area contributed by atoms with Crippen LogP contribution in [0.4, 0.5) is 0 Å². The first-order chi connectivity index (χ1) is 7.61. The van der Waals surface area contributed by atoms with Crippen molar-refractivity contribution in [1.82, 2.24) is 5.32 Å². The van der Waals surface area contributed by atoms with Gasteiger partial charge in [0, 0.05) is 13.1 Å². The quantitative estimate of drug-likeness (QED) is 0.833. The molecule has 1 atom stereocenters. The summed E-state index contributed by atoms with van der Waals surface area (Å²) in [5, 5.41) is 13.0. The third kappa shape index (κ3) is 2.10. The molecule has 2 N–H and O–H groups in total. The molecule has 1 aromatic carbocycles. The molecule has 1 fully saturated rings. The fraction of sp³-hybridized carbons (Fsp3) is 0.500. The van der Waals surface area contributed by atoms with Gasteiger partial charge in [-0.3, -0.25) is 0 Å². The highest BCUT2D eigenvalue weighted by Crippen LogP contribution is 2.36. The second-order valence-electron chi connectivity index (χ2n) is 4.13. The normalized spacial score (nSPS) is 21.1. The summed E-state index contributed by atoms with van der Waals surface area (Å²) in [6.07, 6.45) is 0.0886. The second-order valence-corrected chi connectivity index (χ2v) is 4.92. The molecule has 0 saturated carbocycles. The van der Waals surface area contributed by atoms with E-state index in [1.54, 1.807) is 6.07 Å². The van der Waals surface area contributed by atoms with Crippen LogP contribution in [0, 0.1) is 13.8 Å². The fourth-order valence-electron chi connectivity index (χ4n) is 2.20. The average Bonchev–Trinajstić information content (AvgIpc) is 2.28. The first-order valence-corrected chi connectivity index (χ1v) is 6.21. The number of aryl methyl sites for hydroxylation is 1. The molecule has 16 heavy (non-hydrogen) atoms. The summed E-state index contributed by atoms with van der Waals surface area (Å²) in [5.41, 5.74) is 3.31. The van der Waals surface area contributed by atoms with Crippen LogP contribution in [0.2, 0.25) is 0 Å². The van der Waals surface area contributed by atoms with E-state index in [9.17, 15) is 5.11 Å². The van der Waals surface area contributed by atoms with Gasteiger partial charge in [0.25, 0.3) is 0 Å². The van der Waals surface area contributed by atoms with Gasteiger partial charge in [-0.25, -0.2) is 0 Å². The lowest BCUT2D eigenvalue weighted by Gasteiger charge is -2.27. The summed E-state index contributed by atoms with van der Waals surface area (Å²) in [7, 11) is 0. The third-order valence-corrected chi connectivity index (χ3v) is 3.99. The Hall–Kier alpha value is -0.580. The zero-order valence-corrected chi connectivity index (χ0v) is 11.1. The van der Waals surface area contributed by atoms with Crippen molar-refractivity contribution in [1.29, 1.82) is 0 Å². The molecule has 0 amide bonds. The molecule has 0 radical (unpaired) electrons. The van der Waals surface area contributed by atoms with Crippen molar-refractivity contribution in [3.63, 3.8) is 0 Å². The van der Waals surface area contributed by atoms with Gasteiger partial charge in [0.1, 0.15) is 5.75 Å². The minimum absolute atomic E-state index is 0.0886. The molecule has 1 aliphatic heterocycles. The van der Waals surface area contributed by atoms with Gasteiger partial charge in [0.15, 0.2) is 0 Å². The van der Waals surface area contributed by atoms with E-state index in [0.29, 0.717) is 5.75 Å². The summed E-state index contributed by atoms with van der Waals surface area (Å²) < 4.78 is 6.52. The Morgan fingerprint density at radius 2 is 2.25 bits per heavy atom. The zero-order chi connectivity index (χ0) is 11.7. The Morgan fingerprint density at radius 3 is 2.88 bits per heavy atom. The summed E-state index contributed by atoms with van der Waals surface area (Å²) >= 11 is 3.40. The number of phenolic OH excluding ortho intramolecular Hbond substituents is 1. The Kier molecular flexibility index (Phi) is 3.52. The largest absolute Gasteiger partial charge is 0.507 e. The Morgan fingerprint density at radius 1 is 1.50 bits per heavy atom. The highest BCUT2D eigenvalue weighted by Gasteiger charge is 2.22. The maximum atomic E-state index is 9.70. The van der Waals surface area contributed by atoms with Gasteiger partial charge in [-0.05, 0) is 52.5 Å². The van der Waals surface area contributed by atoms with E-state index < -0.39 is 0 Å². The van der Waals surface area contributed by atoms with Gasteiger partial charge in [0.2, 0.25) is 0 Å². The molecule has 0 aromatic heterocycles. The van der Waals surface area contributed by atoms with Gasteiger partial charge >= 0.3 is 0 Å². The first kappa shape index (κ1) is 11.9. The van der Waals surface area contributed by atoms with Crippen LogP contribution in [-0.4, -0.2) is 24.8 Å². The van der Waals surface area contributed by atoms with Crippen LogP contribution in [0.1, 0.15) is 22.8 Å². The topological polar surface area (TPSA) is 41.5 Å². The number of benzene rings is 1. The minimum Gasteiger partial charge on any atom is -0.507 e. The molecule has 88 valence electrons. The maximum Gasteiger partial charge on any atom is 0.130 e. The van der Waals surface area contributed by atoms with Crippen molar-refractivity contribution in [2.75, 3.05) is 19.7 Å². The summed E-state index contributed by atoms with van der Waals surface area (Å²) in [4.78, 5) is 0. The van der Waals surface area contributed by atoms with Crippen molar-refractivity contribution in [3.05, 3.63) is 27.2 Å². The molecule has 1 heterocycles. The number of aromatic hydroxyl groups is 1. The summed E-state index contributed by atoms with van der Waals surface area (Å²) in [5.74, 6) is 0.294. The summed E-state index contributed by atoms with van der Waals surface area (Å²) in [6.45, 7) is 6.49. The van der Waals surface area contributed by atoms with E-state index >= 15 is 0 Å². The number of hydrogen-bond donors (Lipinski definition) is 2. The van der Waals surface area contributed by atoms with E-state index in [2.05, 4.69) is 21.2 Å². The van der Waals surface area contributed by atoms with Gasteiger partial charge in [-0.1, -0.05) is 0 Å². The monoisotopic (exact) mass is 285 g/mol. The molecule has 1 aliphatic rings. The van der Waals surface area contributed by atoms with E-state index in [1.165, 1.54) is 5.56 Å². The number of phenols is 1. The first-order valence-electron chi connectivity index (χ1n) is 5.42. The highest BCUT2D eigenvalue weighted by molar-refractivity contribution is 9.10. The second kappa shape index (κ2) is 4.73. The number of halogens is 1. The van der Waals surface area contributed by atoms with Gasteiger partial charge in [-0.15, -0.1) is 0 Å². The van der Waals surface area contributed by atoms with Gasteiger partial charge in [-0.2, -0.15) is 0 Å². The van der Waals surface area contributed by atoms with Crippen molar-refractivity contribution >= 4 is 15.9 Å². The van der Waals surface area contributed by atoms with Crippen LogP contribution in [0.3, 0.4) is 0 Å². The van der Waals surface area contributed by atoms with Crippen LogP contribution in [0.15, 0.2) is 10.5 Å². The van der Waals surface area contributed by atoms with Crippen LogP contribution >= 0.6 is 15.9 Å². The molecule has 4 heteroatoms. The van der Waals surface area contributed by atoms with E-state index in [-0.39, 0.29) is 6.10 Å². The SMILES string of the molecule is Cc1cc(O)c(Br)c(C)c1C1CNCCO1. The van der Waals surface area contributed by atoms with Crippen molar-refractivity contribution < 1.29 is 9.84 Å². The van der Waals surface area contributed by atoms with Gasteiger partial charge in [0.05, 0.1) is 17.2 Å². The predicted molar refractivity (Wildman–Crippen MR) is 66.8 cm³/mol. The lowest BCUT2D eigenvalue weighted by Crippen LogP contribution is -2.34. The molecular weight excluding hydrogens is 270 g/mol. The number of hydrogen-bond acceptors (Lipinski definition) is 3. The van der Waals surface area contributed by atoms with Crippen molar-refractivity contribution in [2.24, 2.45) is 0 Å². The molecule has 1 unspecified atom stereocenters. The lowest BCUT2D eigenvalue weighted by atomic mass is 9.97. The van der Waals surface area contributed by atoms with Crippen molar-refractivity contribution in [3.8, 4) is 5.75 Å². The molecule has 3 nitrogen and oxygen atoms in total. The van der Waals surface area contributed by atoms with E-state index in [1.807, 2.05) is 13.8 Å². The minimum atomic E-state index is 0.0886. The number of morpholine rings is 1. The maximum absolute atomic E-state index is 9.70. The highest BCUT2D eigenvalue weighted by atomic mass is 79.9. The molecule has 1 saturated heterocycles. The fourth-order valence-corrected chi connectivity index (χ4v) is 2.53. The van der Waals surface area contributed by atoms with Crippen LogP contribution in [0.5, 0.6) is 5.75 Å². The van der Waals surface area contributed by atoms with E-state index in [4.69, 9.17) is 4.74 Å². The van der Waals surface area contributed by atoms with E-state index in [0.717, 1.165) is 35.3 Å². The molecular formula is C12H16BrNO2. The van der Waals surface area contributed by atoms with Gasteiger partial charge < -0.3 is 15.2 Å². The molecule has 0 aliphatic carbocycles. The van der Waals surface area contributed by atoms with Crippen molar-refractivity contribution in [2.45, 2.75) is 20.0 Å². The lowest BCUT2D eigenvalue weighted by molar-refractivity contribution is 0.0269. The number of ether oxygens (including phenoxy) is 1.